The zero-order valence-corrected chi connectivity index (χ0v) is 13.3. The van der Waals surface area contributed by atoms with Crippen molar-refractivity contribution in [3.8, 4) is 0 Å². The van der Waals surface area contributed by atoms with Gasteiger partial charge in [-0.05, 0) is 38.8 Å². The summed E-state index contributed by atoms with van der Waals surface area (Å²) in [5, 5.41) is 2.13. The Labute approximate surface area is 125 Å². The Bertz CT molecular complexity index is 506. The lowest BCUT2D eigenvalue weighted by molar-refractivity contribution is 0.182. The van der Waals surface area contributed by atoms with E-state index in [-0.39, 0.29) is 6.04 Å². The number of likely N-dealkylation sites (N-methyl/N-ethyl adjacent to an activating group) is 1. The predicted octanol–water partition coefficient (Wildman–Crippen LogP) is 2.53. The first-order valence-electron chi connectivity index (χ1n) is 7.11. The van der Waals surface area contributed by atoms with Crippen molar-refractivity contribution in [3.05, 3.63) is 40.6 Å². The molecule has 0 aliphatic rings. The average Bonchev–Trinajstić information content (AvgIpc) is 3.10. The van der Waals surface area contributed by atoms with Crippen LogP contribution in [0.15, 0.2) is 30.0 Å². The molecule has 0 amide bonds. The molecule has 0 aromatic carbocycles. The van der Waals surface area contributed by atoms with Crippen LogP contribution in [0.4, 0.5) is 0 Å². The number of rotatable bonds is 7. The molecule has 2 atom stereocenters. The highest BCUT2D eigenvalue weighted by atomic mass is 32.1. The average molecular weight is 292 g/mol. The second kappa shape index (κ2) is 7.02. The van der Waals surface area contributed by atoms with Crippen LogP contribution in [0.25, 0.3) is 0 Å². The molecule has 2 aromatic heterocycles. The van der Waals surface area contributed by atoms with Gasteiger partial charge in [-0.1, -0.05) is 6.07 Å². The van der Waals surface area contributed by atoms with Crippen LogP contribution >= 0.6 is 11.3 Å². The fraction of sp³-hybridized carbons (Fsp3) is 0.533. The first-order valence-corrected chi connectivity index (χ1v) is 7.99. The van der Waals surface area contributed by atoms with E-state index in [0.717, 1.165) is 13.0 Å². The molecule has 110 valence electrons. The molecule has 0 saturated heterocycles. The van der Waals surface area contributed by atoms with Gasteiger partial charge in [-0.2, -0.15) is 0 Å². The Morgan fingerprint density at radius 3 is 2.90 bits per heavy atom. The Morgan fingerprint density at radius 2 is 2.30 bits per heavy atom. The van der Waals surface area contributed by atoms with Crippen molar-refractivity contribution in [2.45, 2.75) is 38.9 Å². The lowest BCUT2D eigenvalue weighted by Crippen LogP contribution is -2.39. The van der Waals surface area contributed by atoms with E-state index in [2.05, 4.69) is 52.9 Å². The van der Waals surface area contributed by atoms with Crippen LogP contribution in [0.1, 0.15) is 30.5 Å². The summed E-state index contributed by atoms with van der Waals surface area (Å²) >= 11 is 1.82. The molecule has 2 unspecified atom stereocenters. The largest absolute Gasteiger partial charge is 0.333 e. The molecule has 2 heterocycles. The number of aromatic nitrogens is 2. The summed E-state index contributed by atoms with van der Waals surface area (Å²) in [5.41, 5.74) is 7.22. The van der Waals surface area contributed by atoms with Crippen molar-refractivity contribution < 1.29 is 0 Å². The van der Waals surface area contributed by atoms with Crippen LogP contribution in [-0.2, 0) is 13.0 Å². The number of imidazole rings is 1. The molecular weight excluding hydrogens is 268 g/mol. The molecule has 2 N–H and O–H groups in total. The van der Waals surface area contributed by atoms with Gasteiger partial charge in [0.05, 0.1) is 18.1 Å². The maximum Gasteiger partial charge on any atom is 0.0948 e. The summed E-state index contributed by atoms with van der Waals surface area (Å²) in [6.07, 6.45) is 4.89. The van der Waals surface area contributed by atoms with E-state index in [1.807, 2.05) is 23.9 Å². The normalized spacial score (nSPS) is 14.7. The molecule has 4 nitrogen and oxygen atoms in total. The van der Waals surface area contributed by atoms with Crippen LogP contribution < -0.4 is 5.73 Å². The highest BCUT2D eigenvalue weighted by molar-refractivity contribution is 7.09. The van der Waals surface area contributed by atoms with Crippen LogP contribution in [-0.4, -0.2) is 34.1 Å². The van der Waals surface area contributed by atoms with E-state index < -0.39 is 0 Å². The number of aryl methyl sites for hydroxylation is 1. The van der Waals surface area contributed by atoms with E-state index in [9.17, 15) is 0 Å². The van der Waals surface area contributed by atoms with Gasteiger partial charge in [0, 0.05) is 30.2 Å². The lowest BCUT2D eigenvalue weighted by atomic mass is 10.1. The Kier molecular flexibility index (Phi) is 5.34. The zero-order valence-electron chi connectivity index (χ0n) is 12.5. The molecule has 5 heteroatoms. The van der Waals surface area contributed by atoms with Crippen molar-refractivity contribution in [3.63, 3.8) is 0 Å². The van der Waals surface area contributed by atoms with Gasteiger partial charge in [-0.15, -0.1) is 11.3 Å². The molecule has 0 aliphatic carbocycles. The van der Waals surface area contributed by atoms with Crippen molar-refractivity contribution in [2.75, 3.05) is 13.6 Å². The predicted molar refractivity (Wildman–Crippen MR) is 84.9 cm³/mol. The minimum absolute atomic E-state index is 0.215. The van der Waals surface area contributed by atoms with E-state index in [1.165, 1.54) is 10.6 Å². The van der Waals surface area contributed by atoms with Crippen LogP contribution in [0.2, 0.25) is 0 Å². The lowest BCUT2D eigenvalue weighted by Gasteiger charge is -2.32. The molecule has 2 aromatic rings. The summed E-state index contributed by atoms with van der Waals surface area (Å²) in [6, 6.07) is 4.97. The maximum atomic E-state index is 6.02. The minimum Gasteiger partial charge on any atom is -0.333 e. The Hall–Kier alpha value is -1.17. The van der Waals surface area contributed by atoms with Gasteiger partial charge in [-0.3, -0.25) is 4.90 Å². The van der Waals surface area contributed by atoms with Gasteiger partial charge < -0.3 is 10.3 Å². The SMILES string of the molecule is CCn1cncc1C(CN)N(C)C(C)Cc1cccs1. The second-order valence-corrected chi connectivity index (χ2v) is 6.19. The van der Waals surface area contributed by atoms with Gasteiger partial charge >= 0.3 is 0 Å². The molecule has 0 saturated carbocycles. The second-order valence-electron chi connectivity index (χ2n) is 5.15. The number of thiophene rings is 1. The van der Waals surface area contributed by atoms with Crippen LogP contribution in [0, 0.1) is 0 Å². The Balaban J connectivity index is 2.10. The van der Waals surface area contributed by atoms with Crippen LogP contribution in [0.5, 0.6) is 0 Å². The van der Waals surface area contributed by atoms with Crippen molar-refractivity contribution in [1.82, 2.24) is 14.5 Å². The molecule has 2 rings (SSSR count). The number of hydrogen-bond acceptors (Lipinski definition) is 4. The molecular formula is C15H24N4S. The number of nitrogens with two attached hydrogens (primary N) is 1. The number of hydrogen-bond donors (Lipinski definition) is 1. The highest BCUT2D eigenvalue weighted by Crippen LogP contribution is 2.23. The van der Waals surface area contributed by atoms with E-state index in [1.54, 1.807) is 0 Å². The third kappa shape index (κ3) is 3.29. The molecule has 0 fully saturated rings. The monoisotopic (exact) mass is 292 g/mol. The molecule has 0 spiro atoms. The standard InChI is InChI=1S/C15H24N4S/c1-4-19-11-17-10-15(19)14(9-16)18(3)12(2)8-13-6-5-7-20-13/h5-7,10-12,14H,4,8-9,16H2,1-3H3. The fourth-order valence-electron chi connectivity index (χ4n) is 2.54. The first-order chi connectivity index (χ1) is 9.67. The first kappa shape index (κ1) is 15.2. The van der Waals surface area contributed by atoms with E-state index in [0.29, 0.717) is 12.6 Å². The fourth-order valence-corrected chi connectivity index (χ4v) is 3.37. The molecule has 0 bridgehead atoms. The summed E-state index contributed by atoms with van der Waals surface area (Å²) in [5.74, 6) is 0. The molecule has 0 radical (unpaired) electrons. The summed E-state index contributed by atoms with van der Waals surface area (Å²) in [6.45, 7) is 5.93. The third-order valence-electron chi connectivity index (χ3n) is 3.91. The minimum atomic E-state index is 0.215. The van der Waals surface area contributed by atoms with E-state index in [4.69, 9.17) is 5.73 Å². The van der Waals surface area contributed by atoms with Crippen LogP contribution in [0.3, 0.4) is 0 Å². The van der Waals surface area contributed by atoms with E-state index >= 15 is 0 Å². The summed E-state index contributed by atoms with van der Waals surface area (Å²) in [7, 11) is 2.16. The Morgan fingerprint density at radius 1 is 1.50 bits per heavy atom. The topological polar surface area (TPSA) is 47.1 Å². The summed E-state index contributed by atoms with van der Waals surface area (Å²) < 4.78 is 2.17. The number of nitrogens with zero attached hydrogens (tertiary/aromatic N) is 3. The van der Waals surface area contributed by atoms with Gasteiger partial charge in [0.1, 0.15) is 0 Å². The smallest absolute Gasteiger partial charge is 0.0948 e. The maximum absolute atomic E-state index is 6.02. The van der Waals surface area contributed by atoms with Gasteiger partial charge in [-0.25, -0.2) is 4.98 Å². The third-order valence-corrected chi connectivity index (χ3v) is 4.81. The van der Waals surface area contributed by atoms with Crippen molar-refractivity contribution in [1.29, 1.82) is 0 Å². The van der Waals surface area contributed by atoms with Crippen molar-refractivity contribution >= 4 is 11.3 Å². The quantitative estimate of drug-likeness (QED) is 0.853. The zero-order chi connectivity index (χ0) is 14.5. The van der Waals surface area contributed by atoms with Crippen molar-refractivity contribution in [2.24, 2.45) is 5.73 Å². The van der Waals surface area contributed by atoms with Gasteiger partial charge in [0.25, 0.3) is 0 Å². The van der Waals surface area contributed by atoms with Gasteiger partial charge in [0.2, 0.25) is 0 Å². The molecule has 0 aliphatic heterocycles. The summed E-state index contributed by atoms with van der Waals surface area (Å²) in [4.78, 5) is 8.05. The molecule has 20 heavy (non-hydrogen) atoms. The van der Waals surface area contributed by atoms with Gasteiger partial charge in [0.15, 0.2) is 0 Å². The highest BCUT2D eigenvalue weighted by Gasteiger charge is 2.23.